The molecule has 6 nitrogen and oxygen atoms in total. The molecule has 0 atom stereocenters. The van der Waals surface area contributed by atoms with Gasteiger partial charge in [-0.3, -0.25) is 0 Å². The average Bonchev–Trinajstić information content (AvgIpc) is 2.69. The Bertz CT molecular complexity index is 798. The fourth-order valence-electron chi connectivity index (χ4n) is 2.36. The third-order valence-corrected chi connectivity index (χ3v) is 3.78. The molecule has 0 bridgehead atoms. The lowest BCUT2D eigenvalue weighted by Crippen LogP contribution is -2.37. The topological polar surface area (TPSA) is 61.8 Å². The largest absolute Gasteiger partial charge is 0.484 e. The number of pyridine rings is 1. The summed E-state index contributed by atoms with van der Waals surface area (Å²) in [5, 5.41) is 6.39. The number of aromatic nitrogens is 1. The fraction of sp³-hybridized carbons (Fsp3) is 0.400. The molecule has 0 saturated heterocycles. The molecule has 0 radical (unpaired) electrons. The van der Waals surface area contributed by atoms with Crippen molar-refractivity contribution in [3.05, 3.63) is 53.7 Å². The lowest BCUT2D eigenvalue weighted by molar-refractivity contribution is -0.153. The number of benzene rings is 1. The monoisotopic (exact) mass is 537 g/mol. The zero-order valence-electron chi connectivity index (χ0n) is 17.2. The highest BCUT2D eigenvalue weighted by atomic mass is 127. The van der Waals surface area contributed by atoms with E-state index in [2.05, 4.69) is 20.6 Å². The van der Waals surface area contributed by atoms with Gasteiger partial charge in [-0.25, -0.2) is 9.98 Å². The molecule has 10 heteroatoms. The summed E-state index contributed by atoms with van der Waals surface area (Å²) in [5.74, 6) is 1.67. The lowest BCUT2D eigenvalue weighted by atomic mass is 10.2. The Labute approximate surface area is 192 Å². The van der Waals surface area contributed by atoms with Gasteiger partial charge >= 0.3 is 6.18 Å². The van der Waals surface area contributed by atoms with Gasteiger partial charge in [-0.2, -0.15) is 13.2 Å². The van der Waals surface area contributed by atoms with Crippen LogP contribution in [0.1, 0.15) is 18.2 Å². The minimum Gasteiger partial charge on any atom is -0.484 e. The zero-order chi connectivity index (χ0) is 21.3. The van der Waals surface area contributed by atoms with Gasteiger partial charge in [-0.05, 0) is 36.8 Å². The number of halogens is 4. The quantitative estimate of drug-likeness (QED) is 0.304. The Balaban J connectivity index is 0.00000450. The van der Waals surface area contributed by atoms with Crippen molar-refractivity contribution in [2.45, 2.75) is 26.2 Å². The highest BCUT2D eigenvalue weighted by Crippen LogP contribution is 2.19. The van der Waals surface area contributed by atoms with Gasteiger partial charge in [0.1, 0.15) is 11.6 Å². The van der Waals surface area contributed by atoms with E-state index in [0.717, 1.165) is 17.1 Å². The van der Waals surface area contributed by atoms with E-state index in [9.17, 15) is 13.2 Å². The maximum absolute atomic E-state index is 12.2. The van der Waals surface area contributed by atoms with Crippen LogP contribution in [0.3, 0.4) is 0 Å². The van der Waals surface area contributed by atoms with Crippen molar-refractivity contribution in [3.8, 4) is 5.75 Å². The number of alkyl halides is 3. The van der Waals surface area contributed by atoms with Gasteiger partial charge < -0.3 is 20.3 Å². The molecule has 0 amide bonds. The number of anilines is 1. The fourth-order valence-corrected chi connectivity index (χ4v) is 2.36. The maximum atomic E-state index is 12.2. The Morgan fingerprint density at radius 1 is 1.10 bits per heavy atom. The molecule has 1 aromatic carbocycles. The predicted molar refractivity (Wildman–Crippen MR) is 124 cm³/mol. The van der Waals surface area contributed by atoms with Crippen LogP contribution in [0, 0.1) is 0 Å². The van der Waals surface area contributed by atoms with Crippen molar-refractivity contribution in [1.29, 1.82) is 0 Å². The number of nitrogens with zero attached hydrogens (tertiary/aromatic N) is 3. The predicted octanol–water partition coefficient (Wildman–Crippen LogP) is 3.96. The van der Waals surface area contributed by atoms with Crippen LogP contribution in [0.4, 0.5) is 19.0 Å². The van der Waals surface area contributed by atoms with Crippen LogP contribution in [-0.2, 0) is 13.1 Å². The molecule has 2 rings (SSSR count). The third-order valence-electron chi connectivity index (χ3n) is 3.78. The normalized spacial score (nSPS) is 11.5. The first-order valence-electron chi connectivity index (χ1n) is 9.21. The number of guanidine groups is 1. The summed E-state index contributed by atoms with van der Waals surface area (Å²) < 4.78 is 41.3. The summed E-state index contributed by atoms with van der Waals surface area (Å²) in [6.45, 7) is 2.25. The number of nitrogens with one attached hydrogen (secondary N) is 2. The van der Waals surface area contributed by atoms with Gasteiger partial charge in [0.15, 0.2) is 12.6 Å². The molecule has 2 aromatic rings. The molecule has 1 heterocycles. The molecule has 0 fully saturated rings. The summed E-state index contributed by atoms with van der Waals surface area (Å²) in [6.07, 6.45) is -4.35. The lowest BCUT2D eigenvalue weighted by Gasteiger charge is -2.14. The van der Waals surface area contributed by atoms with Gasteiger partial charge in [0.25, 0.3) is 0 Å². The van der Waals surface area contributed by atoms with Crippen molar-refractivity contribution in [2.24, 2.45) is 4.99 Å². The van der Waals surface area contributed by atoms with Gasteiger partial charge in [0, 0.05) is 20.6 Å². The third kappa shape index (κ3) is 9.51. The van der Waals surface area contributed by atoms with E-state index >= 15 is 0 Å². The molecule has 0 aliphatic rings. The van der Waals surface area contributed by atoms with Crippen molar-refractivity contribution < 1.29 is 17.9 Å². The van der Waals surface area contributed by atoms with Crippen molar-refractivity contribution >= 4 is 35.8 Å². The van der Waals surface area contributed by atoms with E-state index in [0.29, 0.717) is 25.6 Å². The highest BCUT2D eigenvalue weighted by molar-refractivity contribution is 14.0. The molecule has 0 aliphatic heterocycles. The molecular weight excluding hydrogens is 510 g/mol. The van der Waals surface area contributed by atoms with Gasteiger partial charge in [-0.1, -0.05) is 18.2 Å². The first kappa shape index (κ1) is 25.8. The van der Waals surface area contributed by atoms with Crippen LogP contribution in [0.15, 0.2) is 47.5 Å². The summed E-state index contributed by atoms with van der Waals surface area (Å²) in [7, 11) is 3.87. The smallest absolute Gasteiger partial charge is 0.422 e. The molecule has 1 aromatic heterocycles. The second kappa shape index (κ2) is 12.5. The molecule has 166 valence electrons. The van der Waals surface area contributed by atoms with E-state index in [1.807, 2.05) is 44.1 Å². The number of aliphatic imine (C=N–C) groups is 1. The Kier molecular flexibility index (Phi) is 10.7. The van der Waals surface area contributed by atoms with Crippen LogP contribution in [0.25, 0.3) is 0 Å². The van der Waals surface area contributed by atoms with Crippen molar-refractivity contribution in [2.75, 3.05) is 32.1 Å². The van der Waals surface area contributed by atoms with E-state index in [-0.39, 0.29) is 29.7 Å². The van der Waals surface area contributed by atoms with E-state index in [1.165, 1.54) is 12.1 Å². The first-order chi connectivity index (χ1) is 13.8. The van der Waals surface area contributed by atoms with Gasteiger partial charge in [0.05, 0.1) is 18.8 Å². The summed E-state index contributed by atoms with van der Waals surface area (Å²) in [6, 6.07) is 12.2. The second-order valence-corrected chi connectivity index (χ2v) is 6.48. The van der Waals surface area contributed by atoms with Crippen LogP contribution in [-0.4, -0.2) is 44.4 Å². The Hall–Kier alpha value is -2.24. The van der Waals surface area contributed by atoms with Crippen molar-refractivity contribution in [1.82, 2.24) is 15.6 Å². The van der Waals surface area contributed by atoms with E-state index in [1.54, 1.807) is 12.1 Å². The average molecular weight is 537 g/mol. The Morgan fingerprint density at radius 3 is 2.40 bits per heavy atom. The number of hydrogen-bond acceptors (Lipinski definition) is 4. The van der Waals surface area contributed by atoms with Gasteiger partial charge in [0.2, 0.25) is 0 Å². The number of hydrogen-bond donors (Lipinski definition) is 2. The maximum Gasteiger partial charge on any atom is 0.422 e. The number of rotatable bonds is 8. The summed E-state index contributed by atoms with van der Waals surface area (Å²) >= 11 is 0. The van der Waals surface area contributed by atoms with Gasteiger partial charge in [-0.15, -0.1) is 24.0 Å². The first-order valence-corrected chi connectivity index (χ1v) is 9.21. The summed E-state index contributed by atoms with van der Waals surface area (Å²) in [5.41, 5.74) is 1.74. The zero-order valence-corrected chi connectivity index (χ0v) is 19.5. The van der Waals surface area contributed by atoms with E-state index in [4.69, 9.17) is 4.74 Å². The SMILES string of the molecule is CCNC(=NCc1ccc(OCC(F)(F)F)cc1)NCc1cccc(N(C)C)n1.I. The number of ether oxygens (including phenoxy) is 1. The molecule has 0 spiro atoms. The van der Waals surface area contributed by atoms with Crippen LogP contribution < -0.4 is 20.3 Å². The van der Waals surface area contributed by atoms with E-state index < -0.39 is 12.8 Å². The minimum absolute atomic E-state index is 0. The molecule has 2 N–H and O–H groups in total. The minimum atomic E-state index is -4.35. The molecule has 30 heavy (non-hydrogen) atoms. The molecule has 0 unspecified atom stereocenters. The van der Waals surface area contributed by atoms with Crippen LogP contribution >= 0.6 is 24.0 Å². The molecular formula is C20H27F3IN5O. The summed E-state index contributed by atoms with van der Waals surface area (Å²) in [4.78, 5) is 11.0. The Morgan fingerprint density at radius 2 is 1.80 bits per heavy atom. The van der Waals surface area contributed by atoms with Crippen molar-refractivity contribution in [3.63, 3.8) is 0 Å². The standard InChI is InChI=1S/C20H26F3N5O.HI/c1-4-24-19(26-13-16-6-5-7-18(27-16)28(2)3)25-12-15-8-10-17(11-9-15)29-14-20(21,22)23;/h5-11H,4,12-14H2,1-3H3,(H2,24,25,26);1H. The van der Waals surface area contributed by atoms with Crippen LogP contribution in [0.5, 0.6) is 5.75 Å². The highest BCUT2D eigenvalue weighted by Gasteiger charge is 2.28. The second-order valence-electron chi connectivity index (χ2n) is 6.48. The molecule has 0 aliphatic carbocycles. The van der Waals surface area contributed by atoms with Crippen LogP contribution in [0.2, 0.25) is 0 Å². The molecule has 0 saturated carbocycles.